The van der Waals surface area contributed by atoms with Crippen LogP contribution in [0.5, 0.6) is 0 Å². The zero-order chi connectivity index (χ0) is 16.9. The number of hydrogen-bond acceptors (Lipinski definition) is 5. The second-order valence-electron chi connectivity index (χ2n) is 5.87. The van der Waals surface area contributed by atoms with E-state index in [0.717, 1.165) is 30.4 Å². The Balaban J connectivity index is 1.67. The maximum atomic E-state index is 12.2. The molecule has 122 valence electrons. The third-order valence-corrected chi connectivity index (χ3v) is 3.99. The van der Waals surface area contributed by atoms with Crippen molar-refractivity contribution in [1.82, 2.24) is 15.3 Å². The maximum absolute atomic E-state index is 12.2. The largest absolute Gasteiger partial charge is 0.346 e. The van der Waals surface area contributed by atoms with Crippen LogP contribution in [0.25, 0.3) is 0 Å². The van der Waals surface area contributed by atoms with Crippen LogP contribution in [-0.2, 0) is 6.54 Å². The van der Waals surface area contributed by atoms with E-state index in [1.165, 1.54) is 12.8 Å². The van der Waals surface area contributed by atoms with Gasteiger partial charge in [-0.1, -0.05) is 0 Å². The summed E-state index contributed by atoms with van der Waals surface area (Å²) >= 11 is 0. The van der Waals surface area contributed by atoms with Gasteiger partial charge < -0.3 is 10.2 Å². The quantitative estimate of drug-likeness (QED) is 0.933. The first-order chi connectivity index (χ1) is 11.7. The number of hydrogen-bond donors (Lipinski definition) is 1. The SMILES string of the molecule is Cc1cc(CNC(=O)c2ccc(C#N)cc2)nc(N2CCCC2)n1. The van der Waals surface area contributed by atoms with Crippen LogP contribution in [0.3, 0.4) is 0 Å². The second-order valence-corrected chi connectivity index (χ2v) is 5.87. The Hall–Kier alpha value is -2.94. The number of benzene rings is 1. The zero-order valence-electron chi connectivity index (χ0n) is 13.6. The summed E-state index contributed by atoms with van der Waals surface area (Å²) < 4.78 is 0. The lowest BCUT2D eigenvalue weighted by Gasteiger charge is -2.16. The molecule has 2 aromatic rings. The van der Waals surface area contributed by atoms with Gasteiger partial charge in [0.15, 0.2) is 0 Å². The van der Waals surface area contributed by atoms with Crippen molar-refractivity contribution in [2.75, 3.05) is 18.0 Å². The van der Waals surface area contributed by atoms with E-state index in [9.17, 15) is 4.79 Å². The lowest BCUT2D eigenvalue weighted by atomic mass is 10.1. The van der Waals surface area contributed by atoms with Gasteiger partial charge in [-0.2, -0.15) is 5.26 Å². The van der Waals surface area contributed by atoms with Crippen LogP contribution in [0.2, 0.25) is 0 Å². The summed E-state index contributed by atoms with van der Waals surface area (Å²) in [5, 5.41) is 11.7. The Bertz CT molecular complexity index is 773. The summed E-state index contributed by atoms with van der Waals surface area (Å²) in [6, 6.07) is 10.5. The van der Waals surface area contributed by atoms with Gasteiger partial charge in [0.2, 0.25) is 5.95 Å². The number of nitriles is 1. The van der Waals surface area contributed by atoms with Gasteiger partial charge in [-0.3, -0.25) is 4.79 Å². The Labute approximate surface area is 141 Å². The number of amides is 1. The lowest BCUT2D eigenvalue weighted by Crippen LogP contribution is -2.25. The van der Waals surface area contributed by atoms with Crippen LogP contribution in [0, 0.1) is 18.3 Å². The van der Waals surface area contributed by atoms with Crippen molar-refractivity contribution in [3.8, 4) is 6.07 Å². The van der Waals surface area contributed by atoms with E-state index in [2.05, 4.69) is 20.2 Å². The molecular weight excluding hydrogens is 302 g/mol. The van der Waals surface area contributed by atoms with Crippen molar-refractivity contribution in [2.45, 2.75) is 26.3 Å². The van der Waals surface area contributed by atoms with Gasteiger partial charge in [0.1, 0.15) is 0 Å². The molecule has 6 heteroatoms. The molecule has 3 rings (SSSR count). The van der Waals surface area contributed by atoms with Gasteiger partial charge in [-0.15, -0.1) is 0 Å². The summed E-state index contributed by atoms with van der Waals surface area (Å²) in [7, 11) is 0. The molecule has 0 saturated carbocycles. The molecule has 1 N–H and O–H groups in total. The van der Waals surface area contributed by atoms with Gasteiger partial charge in [0.05, 0.1) is 23.9 Å². The number of nitrogens with zero attached hydrogens (tertiary/aromatic N) is 4. The fourth-order valence-corrected chi connectivity index (χ4v) is 2.74. The number of carbonyl (C=O) groups is 1. The van der Waals surface area contributed by atoms with Crippen LogP contribution in [0.1, 0.15) is 40.2 Å². The fraction of sp³-hybridized carbons (Fsp3) is 0.333. The maximum Gasteiger partial charge on any atom is 0.251 e. The average molecular weight is 321 g/mol. The summed E-state index contributed by atoms with van der Waals surface area (Å²) in [6.45, 7) is 4.26. The highest BCUT2D eigenvalue weighted by molar-refractivity contribution is 5.94. The van der Waals surface area contributed by atoms with Gasteiger partial charge in [0, 0.05) is 24.3 Å². The summed E-state index contributed by atoms with van der Waals surface area (Å²) in [5.74, 6) is 0.564. The highest BCUT2D eigenvalue weighted by atomic mass is 16.1. The number of rotatable bonds is 4. The first-order valence-corrected chi connectivity index (χ1v) is 8.03. The zero-order valence-corrected chi connectivity index (χ0v) is 13.6. The topological polar surface area (TPSA) is 81.9 Å². The number of carbonyl (C=O) groups excluding carboxylic acids is 1. The van der Waals surface area contributed by atoms with Crippen LogP contribution in [0.15, 0.2) is 30.3 Å². The Morgan fingerprint density at radius 3 is 2.62 bits per heavy atom. The number of anilines is 1. The van der Waals surface area contributed by atoms with Crippen LogP contribution < -0.4 is 10.2 Å². The summed E-state index contributed by atoms with van der Waals surface area (Å²) in [6.07, 6.45) is 2.34. The number of nitrogens with one attached hydrogen (secondary N) is 1. The van der Waals surface area contributed by atoms with E-state index in [-0.39, 0.29) is 5.91 Å². The lowest BCUT2D eigenvalue weighted by molar-refractivity contribution is 0.0950. The van der Waals surface area contributed by atoms with Crippen molar-refractivity contribution < 1.29 is 4.79 Å². The van der Waals surface area contributed by atoms with Crippen molar-refractivity contribution >= 4 is 11.9 Å². The Morgan fingerprint density at radius 1 is 1.25 bits per heavy atom. The molecule has 1 fully saturated rings. The average Bonchev–Trinajstić information content (AvgIpc) is 3.14. The molecule has 6 nitrogen and oxygen atoms in total. The smallest absolute Gasteiger partial charge is 0.251 e. The van der Waals surface area contributed by atoms with Gasteiger partial charge in [-0.05, 0) is 50.1 Å². The highest BCUT2D eigenvalue weighted by Crippen LogP contribution is 2.16. The second kappa shape index (κ2) is 7.09. The first-order valence-electron chi connectivity index (χ1n) is 8.03. The number of aryl methyl sites for hydroxylation is 1. The minimum Gasteiger partial charge on any atom is -0.346 e. The van der Waals surface area contributed by atoms with Crippen molar-refractivity contribution in [2.24, 2.45) is 0 Å². The van der Waals surface area contributed by atoms with E-state index < -0.39 is 0 Å². The molecule has 1 aromatic carbocycles. The molecule has 1 aromatic heterocycles. The molecule has 0 aliphatic carbocycles. The molecule has 0 unspecified atom stereocenters. The van der Waals surface area contributed by atoms with E-state index in [1.54, 1.807) is 24.3 Å². The minimum absolute atomic E-state index is 0.182. The number of aromatic nitrogens is 2. The van der Waals surface area contributed by atoms with Gasteiger partial charge in [-0.25, -0.2) is 9.97 Å². The molecule has 1 aliphatic rings. The van der Waals surface area contributed by atoms with Crippen molar-refractivity contribution in [3.63, 3.8) is 0 Å². The van der Waals surface area contributed by atoms with E-state index in [0.29, 0.717) is 17.7 Å². The van der Waals surface area contributed by atoms with Crippen LogP contribution in [-0.4, -0.2) is 29.0 Å². The van der Waals surface area contributed by atoms with E-state index in [1.807, 2.05) is 19.1 Å². The molecule has 2 heterocycles. The monoisotopic (exact) mass is 321 g/mol. The predicted molar refractivity (Wildman–Crippen MR) is 90.5 cm³/mol. The molecular formula is C18H19N5O. The van der Waals surface area contributed by atoms with Crippen LogP contribution in [0.4, 0.5) is 5.95 Å². The standard InChI is InChI=1S/C18H19N5O/c1-13-10-16(22-18(21-13)23-8-2-3-9-23)12-20-17(24)15-6-4-14(11-19)5-7-15/h4-7,10H,2-3,8-9,12H2,1H3,(H,20,24). The molecule has 1 aliphatic heterocycles. The molecule has 0 radical (unpaired) electrons. The van der Waals surface area contributed by atoms with Crippen molar-refractivity contribution in [3.05, 3.63) is 52.8 Å². The Morgan fingerprint density at radius 2 is 1.96 bits per heavy atom. The van der Waals surface area contributed by atoms with Gasteiger partial charge in [0.25, 0.3) is 5.91 Å². The third-order valence-electron chi connectivity index (χ3n) is 3.99. The van der Waals surface area contributed by atoms with Crippen LogP contribution >= 0.6 is 0 Å². The normalized spacial score (nSPS) is 13.6. The molecule has 1 saturated heterocycles. The molecule has 1 amide bonds. The highest BCUT2D eigenvalue weighted by Gasteiger charge is 2.16. The molecule has 0 atom stereocenters. The minimum atomic E-state index is -0.182. The van der Waals surface area contributed by atoms with Crippen molar-refractivity contribution in [1.29, 1.82) is 5.26 Å². The third kappa shape index (κ3) is 3.69. The molecule has 24 heavy (non-hydrogen) atoms. The van der Waals surface area contributed by atoms with E-state index >= 15 is 0 Å². The van der Waals surface area contributed by atoms with E-state index in [4.69, 9.17) is 5.26 Å². The molecule has 0 spiro atoms. The first kappa shape index (κ1) is 15.9. The summed E-state index contributed by atoms with van der Waals surface area (Å²) in [5.41, 5.74) is 2.76. The fourth-order valence-electron chi connectivity index (χ4n) is 2.74. The predicted octanol–water partition coefficient (Wildman–Crippen LogP) is 2.19. The van der Waals surface area contributed by atoms with Gasteiger partial charge >= 0.3 is 0 Å². The Kier molecular flexibility index (Phi) is 4.71. The summed E-state index contributed by atoms with van der Waals surface area (Å²) in [4.78, 5) is 23.4. The molecule has 0 bridgehead atoms.